The molecule has 1 fully saturated rings. The van der Waals surface area contributed by atoms with Crippen LogP contribution in [-0.4, -0.2) is 76.8 Å². The largest absolute Gasteiger partial charge is 0.484 e. The first-order chi connectivity index (χ1) is 17.5. The second-order valence-corrected chi connectivity index (χ2v) is 9.38. The Morgan fingerprint density at radius 2 is 2.03 bits per heavy atom. The molecular formula is C25H31N5O5S. The fourth-order valence-electron chi connectivity index (χ4n) is 3.97. The normalized spacial score (nSPS) is 17.3. The van der Waals surface area contributed by atoms with Gasteiger partial charge in [0.2, 0.25) is 11.1 Å². The molecule has 36 heavy (non-hydrogen) atoms. The second-order valence-electron chi connectivity index (χ2n) is 8.32. The van der Waals surface area contributed by atoms with E-state index in [-0.39, 0.29) is 19.1 Å². The van der Waals surface area contributed by atoms with Crippen LogP contribution >= 0.6 is 11.8 Å². The van der Waals surface area contributed by atoms with Gasteiger partial charge in [0.05, 0.1) is 18.8 Å². The predicted molar refractivity (Wildman–Crippen MR) is 136 cm³/mol. The molecule has 1 aromatic heterocycles. The third-order valence-electron chi connectivity index (χ3n) is 5.74. The predicted octanol–water partition coefficient (Wildman–Crippen LogP) is 3.04. The summed E-state index contributed by atoms with van der Waals surface area (Å²) in [4.78, 5) is 31.8. The third-order valence-corrected chi connectivity index (χ3v) is 6.79. The van der Waals surface area contributed by atoms with Gasteiger partial charge in [-0.1, -0.05) is 43.5 Å². The van der Waals surface area contributed by atoms with Crippen molar-refractivity contribution >= 4 is 29.6 Å². The lowest BCUT2D eigenvalue weighted by molar-refractivity contribution is -0.138. The molecule has 2 aliphatic heterocycles. The van der Waals surface area contributed by atoms with Crippen LogP contribution in [0.1, 0.15) is 31.9 Å². The number of carbonyl (C=O) groups excluding carboxylic acids is 2. The minimum absolute atomic E-state index is 0.0456. The summed E-state index contributed by atoms with van der Waals surface area (Å²) in [7, 11) is 0. The van der Waals surface area contributed by atoms with Crippen molar-refractivity contribution in [3.05, 3.63) is 53.8 Å². The lowest BCUT2D eigenvalue weighted by Crippen LogP contribution is -2.42. The number of thioether (sulfide) groups is 1. The van der Waals surface area contributed by atoms with Crippen molar-refractivity contribution in [3.63, 3.8) is 0 Å². The van der Waals surface area contributed by atoms with E-state index >= 15 is 0 Å². The van der Waals surface area contributed by atoms with Crippen LogP contribution in [0.2, 0.25) is 0 Å². The Labute approximate surface area is 214 Å². The summed E-state index contributed by atoms with van der Waals surface area (Å²) in [5, 5.41) is 8.51. The van der Waals surface area contributed by atoms with Crippen LogP contribution in [0.25, 0.3) is 0 Å². The van der Waals surface area contributed by atoms with Gasteiger partial charge in [0, 0.05) is 24.5 Å². The number of fused-ring (bicyclic) bond motifs is 1. The molecule has 3 heterocycles. The highest BCUT2D eigenvalue weighted by atomic mass is 32.2. The molecule has 2 aliphatic rings. The SMILES string of the molecule is C=CCOC(=O)C1=C(C)Nc2nc(SCCC)nn2C1c1ccc(OCC(=O)N2CCOCC2)cc1. The van der Waals surface area contributed by atoms with Crippen LogP contribution in [0.5, 0.6) is 5.75 Å². The molecule has 0 spiro atoms. The lowest BCUT2D eigenvalue weighted by Gasteiger charge is -2.28. The molecule has 1 N–H and O–H groups in total. The number of nitrogens with zero attached hydrogens (tertiary/aromatic N) is 4. The molecule has 10 nitrogen and oxygen atoms in total. The number of amides is 1. The monoisotopic (exact) mass is 513 g/mol. The Morgan fingerprint density at radius 1 is 1.28 bits per heavy atom. The first kappa shape index (κ1) is 25.8. The summed E-state index contributed by atoms with van der Waals surface area (Å²) in [5.74, 6) is 1.49. The fraction of sp³-hybridized carbons (Fsp3) is 0.440. The Hall–Kier alpha value is -3.31. The number of hydrogen-bond donors (Lipinski definition) is 1. The van der Waals surface area contributed by atoms with Gasteiger partial charge >= 0.3 is 5.97 Å². The Kier molecular flexibility index (Phi) is 8.65. The number of benzene rings is 1. The van der Waals surface area contributed by atoms with Gasteiger partial charge < -0.3 is 24.4 Å². The quantitative estimate of drug-likeness (QED) is 0.291. The maximum atomic E-state index is 13.0. The number of carbonyl (C=O) groups is 2. The van der Waals surface area contributed by atoms with E-state index in [1.165, 1.54) is 6.08 Å². The van der Waals surface area contributed by atoms with E-state index in [1.54, 1.807) is 33.5 Å². The van der Waals surface area contributed by atoms with E-state index in [0.29, 0.717) is 54.4 Å². The van der Waals surface area contributed by atoms with Crippen molar-refractivity contribution in [1.29, 1.82) is 0 Å². The summed E-state index contributed by atoms with van der Waals surface area (Å²) in [6.45, 7) is 9.85. The molecule has 2 aromatic rings. The van der Waals surface area contributed by atoms with E-state index in [4.69, 9.17) is 14.2 Å². The first-order valence-corrected chi connectivity index (χ1v) is 12.9. The van der Waals surface area contributed by atoms with Gasteiger partial charge in [0.1, 0.15) is 18.4 Å². The molecule has 192 valence electrons. The van der Waals surface area contributed by atoms with Crippen molar-refractivity contribution in [1.82, 2.24) is 19.7 Å². The maximum absolute atomic E-state index is 13.0. The molecule has 1 unspecified atom stereocenters. The van der Waals surface area contributed by atoms with E-state index < -0.39 is 12.0 Å². The minimum Gasteiger partial charge on any atom is -0.484 e. The number of ether oxygens (including phenoxy) is 3. The molecule has 11 heteroatoms. The smallest absolute Gasteiger partial charge is 0.338 e. The van der Waals surface area contributed by atoms with E-state index in [2.05, 4.69) is 28.9 Å². The Bertz CT molecular complexity index is 1120. The summed E-state index contributed by atoms with van der Waals surface area (Å²) in [6, 6.07) is 6.77. The van der Waals surface area contributed by atoms with Crippen LogP contribution < -0.4 is 10.1 Å². The fourth-order valence-corrected chi connectivity index (χ4v) is 4.65. The third kappa shape index (κ3) is 5.90. The van der Waals surface area contributed by atoms with Crippen molar-refractivity contribution in [2.75, 3.05) is 50.6 Å². The second kappa shape index (κ2) is 12.1. The number of allylic oxidation sites excluding steroid dienone is 1. The molecule has 1 atom stereocenters. The van der Waals surface area contributed by atoms with Crippen molar-refractivity contribution in [3.8, 4) is 5.75 Å². The summed E-state index contributed by atoms with van der Waals surface area (Å²) in [6.07, 6.45) is 2.53. The highest BCUT2D eigenvalue weighted by molar-refractivity contribution is 7.99. The van der Waals surface area contributed by atoms with Crippen LogP contribution in [0, 0.1) is 0 Å². The zero-order valence-electron chi connectivity index (χ0n) is 20.6. The number of esters is 1. The van der Waals surface area contributed by atoms with Crippen molar-refractivity contribution in [2.24, 2.45) is 0 Å². The van der Waals surface area contributed by atoms with Crippen LogP contribution in [0.3, 0.4) is 0 Å². The molecule has 0 bridgehead atoms. The first-order valence-electron chi connectivity index (χ1n) is 11.9. The van der Waals surface area contributed by atoms with Gasteiger partial charge in [-0.3, -0.25) is 4.79 Å². The molecule has 1 aromatic carbocycles. The summed E-state index contributed by atoms with van der Waals surface area (Å²) < 4.78 is 18.1. The topological polar surface area (TPSA) is 108 Å². The van der Waals surface area contributed by atoms with Crippen LogP contribution in [-0.2, 0) is 19.1 Å². The Morgan fingerprint density at radius 3 is 2.72 bits per heavy atom. The van der Waals surface area contributed by atoms with Gasteiger partial charge in [0.25, 0.3) is 5.91 Å². The molecule has 1 amide bonds. The molecule has 4 rings (SSSR count). The van der Waals surface area contributed by atoms with Crippen LogP contribution in [0.15, 0.2) is 53.3 Å². The number of nitrogens with one attached hydrogen (secondary N) is 1. The number of morpholine rings is 1. The summed E-state index contributed by atoms with van der Waals surface area (Å²) in [5.41, 5.74) is 1.90. The van der Waals surface area contributed by atoms with E-state index in [9.17, 15) is 9.59 Å². The van der Waals surface area contributed by atoms with Crippen LogP contribution in [0.4, 0.5) is 5.95 Å². The van der Waals surface area contributed by atoms with Gasteiger partial charge in [-0.2, -0.15) is 4.98 Å². The molecule has 0 saturated carbocycles. The highest BCUT2D eigenvalue weighted by Crippen LogP contribution is 2.37. The molecule has 1 saturated heterocycles. The molecular weight excluding hydrogens is 482 g/mol. The van der Waals surface area contributed by atoms with Gasteiger partial charge in [-0.25, -0.2) is 9.48 Å². The zero-order chi connectivity index (χ0) is 25.5. The summed E-state index contributed by atoms with van der Waals surface area (Å²) >= 11 is 1.56. The minimum atomic E-state index is -0.536. The number of rotatable bonds is 10. The molecule has 0 aliphatic carbocycles. The standard InChI is InChI=1S/C25H31N5O5S/c1-4-12-34-23(32)21-17(3)26-24-27-25(36-15-5-2)28-30(24)22(21)18-6-8-19(9-7-18)35-16-20(31)29-10-13-33-14-11-29/h4,6-9,22H,1,5,10-16H2,2-3H3,(H,26,27,28). The number of hydrogen-bond acceptors (Lipinski definition) is 9. The maximum Gasteiger partial charge on any atom is 0.338 e. The average Bonchev–Trinajstić information content (AvgIpc) is 3.31. The number of anilines is 1. The van der Waals surface area contributed by atoms with Crippen molar-refractivity contribution in [2.45, 2.75) is 31.5 Å². The van der Waals surface area contributed by atoms with Gasteiger partial charge in [-0.05, 0) is 31.0 Å². The highest BCUT2D eigenvalue weighted by Gasteiger charge is 2.35. The molecule has 0 radical (unpaired) electrons. The number of aromatic nitrogens is 3. The zero-order valence-corrected chi connectivity index (χ0v) is 21.4. The van der Waals surface area contributed by atoms with Gasteiger partial charge in [-0.15, -0.1) is 5.10 Å². The van der Waals surface area contributed by atoms with E-state index in [0.717, 1.165) is 17.7 Å². The van der Waals surface area contributed by atoms with Crippen molar-refractivity contribution < 1.29 is 23.8 Å². The van der Waals surface area contributed by atoms with Gasteiger partial charge in [0.15, 0.2) is 6.61 Å². The lowest BCUT2D eigenvalue weighted by atomic mass is 9.96. The Balaban J connectivity index is 1.56. The van der Waals surface area contributed by atoms with E-state index in [1.807, 2.05) is 19.1 Å². The average molecular weight is 514 g/mol.